The molecule has 0 aromatic heterocycles. The largest absolute Gasteiger partial charge is 0.456 e. The van der Waals surface area contributed by atoms with Crippen LogP contribution in [0.1, 0.15) is 55.8 Å². The molecule has 160 valence electrons. The highest BCUT2D eigenvalue weighted by atomic mass is 16.5. The average Bonchev–Trinajstić information content (AvgIpc) is 2.72. The van der Waals surface area contributed by atoms with E-state index >= 15 is 0 Å². The lowest BCUT2D eigenvalue weighted by Gasteiger charge is -2.17. The highest BCUT2D eigenvalue weighted by Crippen LogP contribution is 2.17. The summed E-state index contributed by atoms with van der Waals surface area (Å²) in [7, 11) is 0. The molecule has 6 nitrogen and oxygen atoms in total. The van der Waals surface area contributed by atoms with Crippen LogP contribution in [-0.2, 0) is 25.5 Å². The predicted molar refractivity (Wildman–Crippen MR) is 116 cm³/mol. The number of benzene rings is 2. The summed E-state index contributed by atoms with van der Waals surface area (Å²) in [5.41, 5.74) is 3.22. The van der Waals surface area contributed by atoms with Gasteiger partial charge in [0.2, 0.25) is 5.91 Å². The molecular weight excluding hydrogens is 380 g/mol. The van der Waals surface area contributed by atoms with Gasteiger partial charge in [0.05, 0.1) is 12.5 Å². The van der Waals surface area contributed by atoms with Crippen molar-refractivity contribution in [2.24, 2.45) is 0 Å². The van der Waals surface area contributed by atoms with Crippen LogP contribution < -0.4 is 10.6 Å². The Morgan fingerprint density at radius 1 is 0.933 bits per heavy atom. The number of esters is 1. The fraction of sp³-hybridized carbons (Fsp3) is 0.375. The van der Waals surface area contributed by atoms with Crippen molar-refractivity contribution in [2.45, 2.75) is 45.6 Å². The van der Waals surface area contributed by atoms with Crippen molar-refractivity contribution in [2.75, 3.05) is 13.2 Å². The molecule has 2 aromatic carbocycles. The van der Waals surface area contributed by atoms with Crippen LogP contribution in [0.4, 0.5) is 0 Å². The fourth-order valence-corrected chi connectivity index (χ4v) is 3.02. The molecule has 0 fully saturated rings. The average molecular weight is 411 g/mol. The number of ether oxygens (including phenoxy) is 1. The first-order valence-electron chi connectivity index (χ1n) is 10.2. The van der Waals surface area contributed by atoms with Crippen molar-refractivity contribution in [3.63, 3.8) is 0 Å². The summed E-state index contributed by atoms with van der Waals surface area (Å²) in [4.78, 5) is 35.5. The molecule has 0 aliphatic carbocycles. The molecule has 1 atom stereocenters. The molecule has 2 N–H and O–H groups in total. The minimum Gasteiger partial charge on any atom is -0.456 e. The summed E-state index contributed by atoms with van der Waals surface area (Å²) in [6, 6.07) is 17.0. The predicted octanol–water partition coefficient (Wildman–Crippen LogP) is 3.28. The molecule has 0 saturated heterocycles. The smallest absolute Gasteiger partial charge is 0.308 e. The van der Waals surface area contributed by atoms with E-state index in [1.807, 2.05) is 30.3 Å². The second-order valence-electron chi connectivity index (χ2n) is 7.52. The highest BCUT2D eigenvalue weighted by Gasteiger charge is 2.18. The molecular formula is C24H30N2O4. The topological polar surface area (TPSA) is 84.5 Å². The van der Waals surface area contributed by atoms with Crippen LogP contribution in [0, 0.1) is 0 Å². The Labute approximate surface area is 178 Å². The summed E-state index contributed by atoms with van der Waals surface area (Å²) in [5.74, 6) is -0.647. The molecule has 0 aliphatic heterocycles. The summed E-state index contributed by atoms with van der Waals surface area (Å²) in [6.07, 6.45) is 0.662. The molecule has 0 unspecified atom stereocenters. The van der Waals surface area contributed by atoms with E-state index in [0.717, 1.165) is 11.1 Å². The van der Waals surface area contributed by atoms with Gasteiger partial charge in [-0.05, 0) is 29.0 Å². The van der Waals surface area contributed by atoms with Gasteiger partial charge in [-0.15, -0.1) is 0 Å². The van der Waals surface area contributed by atoms with Gasteiger partial charge in [-0.25, -0.2) is 0 Å². The summed E-state index contributed by atoms with van der Waals surface area (Å²) >= 11 is 0. The lowest BCUT2D eigenvalue weighted by Crippen LogP contribution is -2.32. The lowest BCUT2D eigenvalue weighted by atomic mass is 10.0. The van der Waals surface area contributed by atoms with Crippen molar-refractivity contribution in [1.29, 1.82) is 0 Å². The van der Waals surface area contributed by atoms with E-state index in [4.69, 9.17) is 4.74 Å². The van der Waals surface area contributed by atoms with Gasteiger partial charge in [0.1, 0.15) is 0 Å². The van der Waals surface area contributed by atoms with E-state index in [1.54, 1.807) is 0 Å². The maximum absolute atomic E-state index is 12.1. The van der Waals surface area contributed by atoms with Crippen molar-refractivity contribution < 1.29 is 19.1 Å². The normalized spacial score (nSPS) is 11.6. The Hall–Kier alpha value is -3.15. The Balaban J connectivity index is 1.73. The molecule has 2 amide bonds. The van der Waals surface area contributed by atoms with Crippen LogP contribution >= 0.6 is 0 Å². The van der Waals surface area contributed by atoms with E-state index in [1.165, 1.54) is 12.5 Å². The number of nitrogens with one attached hydrogen (secondary N) is 2. The van der Waals surface area contributed by atoms with Gasteiger partial charge in [0.15, 0.2) is 6.61 Å². The first-order valence-corrected chi connectivity index (χ1v) is 10.2. The summed E-state index contributed by atoms with van der Waals surface area (Å²) in [5, 5.41) is 5.49. The van der Waals surface area contributed by atoms with Gasteiger partial charge in [-0.1, -0.05) is 68.4 Å². The Bertz CT molecular complexity index is 832. The van der Waals surface area contributed by atoms with Gasteiger partial charge in [0.25, 0.3) is 5.91 Å². The minimum atomic E-state index is -0.544. The second-order valence-corrected chi connectivity index (χ2v) is 7.52. The maximum atomic E-state index is 12.1. The van der Waals surface area contributed by atoms with Gasteiger partial charge in [-0.2, -0.15) is 0 Å². The summed E-state index contributed by atoms with van der Waals surface area (Å²) < 4.78 is 5.08. The number of amides is 2. The van der Waals surface area contributed by atoms with Crippen LogP contribution in [0.2, 0.25) is 0 Å². The third kappa shape index (κ3) is 8.07. The maximum Gasteiger partial charge on any atom is 0.308 e. The molecule has 2 aromatic rings. The van der Waals surface area contributed by atoms with Gasteiger partial charge < -0.3 is 15.4 Å². The van der Waals surface area contributed by atoms with Crippen molar-refractivity contribution in [1.82, 2.24) is 10.6 Å². The second kappa shape index (κ2) is 11.8. The van der Waals surface area contributed by atoms with Crippen LogP contribution in [0.15, 0.2) is 54.6 Å². The molecule has 0 heterocycles. The Morgan fingerprint density at radius 3 is 2.20 bits per heavy atom. The lowest BCUT2D eigenvalue weighted by molar-refractivity contribution is -0.149. The van der Waals surface area contributed by atoms with Crippen LogP contribution in [0.25, 0.3) is 0 Å². The standard InChI is InChI=1S/C24H30N2O4/c1-17(2)20-11-9-19(10-12-20)13-14-25-23(28)16-30-24(29)15-22(26-18(3)27)21-7-5-4-6-8-21/h4-12,17,22H,13-16H2,1-3H3,(H,25,28)(H,26,27)/t22-/m1/s1. The highest BCUT2D eigenvalue weighted by molar-refractivity contribution is 5.81. The van der Waals surface area contributed by atoms with E-state index in [9.17, 15) is 14.4 Å². The quantitative estimate of drug-likeness (QED) is 0.589. The van der Waals surface area contributed by atoms with E-state index < -0.39 is 12.0 Å². The molecule has 0 spiro atoms. The zero-order chi connectivity index (χ0) is 21.9. The van der Waals surface area contributed by atoms with Crippen molar-refractivity contribution in [3.8, 4) is 0 Å². The molecule has 0 aliphatic rings. The number of carbonyl (C=O) groups is 3. The SMILES string of the molecule is CC(=O)N[C@H](CC(=O)OCC(=O)NCCc1ccc(C(C)C)cc1)c1ccccc1. The number of carbonyl (C=O) groups excluding carboxylic acids is 3. The third-order valence-corrected chi connectivity index (χ3v) is 4.70. The van der Waals surface area contributed by atoms with Crippen molar-refractivity contribution in [3.05, 3.63) is 71.3 Å². The summed E-state index contributed by atoms with van der Waals surface area (Å²) in [6.45, 7) is 5.82. The zero-order valence-electron chi connectivity index (χ0n) is 17.8. The van der Waals surface area contributed by atoms with Crippen LogP contribution in [-0.4, -0.2) is 30.9 Å². The number of hydrogen-bond donors (Lipinski definition) is 2. The monoisotopic (exact) mass is 410 g/mol. The molecule has 0 radical (unpaired) electrons. The molecule has 0 saturated carbocycles. The van der Waals surface area contributed by atoms with Crippen LogP contribution in [0.3, 0.4) is 0 Å². The first-order chi connectivity index (χ1) is 14.3. The van der Waals surface area contributed by atoms with Gasteiger partial charge in [0, 0.05) is 13.5 Å². The van der Waals surface area contributed by atoms with E-state index in [-0.39, 0.29) is 24.8 Å². The van der Waals surface area contributed by atoms with E-state index in [2.05, 4.69) is 48.7 Å². The molecule has 6 heteroatoms. The number of hydrogen-bond acceptors (Lipinski definition) is 4. The third-order valence-electron chi connectivity index (χ3n) is 4.70. The molecule has 2 rings (SSSR count). The van der Waals surface area contributed by atoms with Crippen molar-refractivity contribution >= 4 is 17.8 Å². The van der Waals surface area contributed by atoms with Crippen LogP contribution in [0.5, 0.6) is 0 Å². The van der Waals surface area contributed by atoms with E-state index in [0.29, 0.717) is 18.9 Å². The van der Waals surface area contributed by atoms with Gasteiger partial charge >= 0.3 is 5.97 Å². The minimum absolute atomic E-state index is 0.0426. The molecule has 30 heavy (non-hydrogen) atoms. The fourth-order valence-electron chi connectivity index (χ4n) is 3.02. The Kier molecular flexibility index (Phi) is 9.06. The number of rotatable bonds is 10. The first kappa shape index (κ1) is 23.1. The zero-order valence-corrected chi connectivity index (χ0v) is 17.8. The molecule has 0 bridgehead atoms. The Morgan fingerprint density at radius 2 is 1.60 bits per heavy atom. The van der Waals surface area contributed by atoms with Gasteiger partial charge in [-0.3, -0.25) is 14.4 Å².